The van der Waals surface area contributed by atoms with Crippen LogP contribution in [0.1, 0.15) is 30.5 Å². The van der Waals surface area contributed by atoms with Crippen molar-refractivity contribution in [3.8, 4) is 5.75 Å². The van der Waals surface area contributed by atoms with Gasteiger partial charge in [0, 0.05) is 10.7 Å². The number of nitrogens with one attached hydrogen (secondary N) is 1. The fourth-order valence-corrected chi connectivity index (χ4v) is 2.48. The van der Waals surface area contributed by atoms with E-state index in [0.717, 1.165) is 27.8 Å². The zero-order valence-corrected chi connectivity index (χ0v) is 12.9. The summed E-state index contributed by atoms with van der Waals surface area (Å²) in [6.45, 7) is 2.75. The molecule has 0 fully saturated rings. The molecule has 0 amide bonds. The summed E-state index contributed by atoms with van der Waals surface area (Å²) < 4.78 is 6.62. The highest BCUT2D eigenvalue weighted by molar-refractivity contribution is 9.10. The molecule has 0 saturated carbocycles. The van der Waals surface area contributed by atoms with Crippen LogP contribution in [0.3, 0.4) is 0 Å². The van der Waals surface area contributed by atoms with Crippen LogP contribution < -0.4 is 16.0 Å². The maximum absolute atomic E-state index is 5.72. The third-order valence-corrected chi connectivity index (χ3v) is 3.65. The molecule has 2 aromatic rings. The quantitative estimate of drug-likeness (QED) is 0.628. The molecule has 1 atom stereocenters. The molecule has 1 aromatic carbocycles. The molecule has 0 aliphatic rings. The molecular formula is C15H18BrN3O. The van der Waals surface area contributed by atoms with Crippen LogP contribution in [0.2, 0.25) is 0 Å². The Labute approximate surface area is 127 Å². The molecule has 106 valence electrons. The largest absolute Gasteiger partial charge is 0.492 e. The number of ether oxygens (including phenoxy) is 1. The summed E-state index contributed by atoms with van der Waals surface area (Å²) in [5.74, 6) is 6.48. The van der Waals surface area contributed by atoms with E-state index in [1.54, 1.807) is 12.4 Å². The molecule has 1 unspecified atom stereocenters. The van der Waals surface area contributed by atoms with Crippen molar-refractivity contribution in [1.82, 2.24) is 10.4 Å². The van der Waals surface area contributed by atoms with E-state index in [-0.39, 0.29) is 6.04 Å². The number of hydrazine groups is 1. The molecule has 1 heterocycles. The number of nitrogens with zero attached hydrogens (tertiary/aromatic N) is 1. The van der Waals surface area contributed by atoms with Crippen molar-refractivity contribution in [2.75, 3.05) is 6.61 Å². The van der Waals surface area contributed by atoms with E-state index in [1.807, 2.05) is 30.3 Å². The van der Waals surface area contributed by atoms with Gasteiger partial charge in [0.2, 0.25) is 0 Å². The summed E-state index contributed by atoms with van der Waals surface area (Å²) in [5.41, 5.74) is 4.86. The van der Waals surface area contributed by atoms with Crippen LogP contribution in [0.5, 0.6) is 5.75 Å². The second-order valence-electron chi connectivity index (χ2n) is 4.42. The van der Waals surface area contributed by atoms with Crippen molar-refractivity contribution >= 4 is 15.9 Å². The smallest absolute Gasteiger partial charge is 0.137 e. The standard InChI is InChI=1S/C15H18BrN3O/c1-2-7-20-12-8-11(9-18-10-12)15(19-17)13-5-3-4-6-14(13)16/h3-6,8-10,15,19H,2,7,17H2,1H3. The lowest BCUT2D eigenvalue weighted by Crippen LogP contribution is -2.29. The molecule has 4 nitrogen and oxygen atoms in total. The third kappa shape index (κ3) is 3.56. The Morgan fingerprint density at radius 3 is 2.85 bits per heavy atom. The van der Waals surface area contributed by atoms with Crippen molar-refractivity contribution in [3.63, 3.8) is 0 Å². The summed E-state index contributed by atoms with van der Waals surface area (Å²) in [6.07, 6.45) is 4.47. The topological polar surface area (TPSA) is 60.2 Å². The Bertz CT molecular complexity index is 562. The Kier molecular flexibility index (Phi) is 5.52. The first-order valence-electron chi connectivity index (χ1n) is 6.54. The van der Waals surface area contributed by atoms with Gasteiger partial charge in [0.15, 0.2) is 0 Å². The lowest BCUT2D eigenvalue weighted by Gasteiger charge is -2.18. The van der Waals surface area contributed by atoms with Crippen LogP contribution in [0, 0.1) is 0 Å². The summed E-state index contributed by atoms with van der Waals surface area (Å²) in [5, 5.41) is 0. The van der Waals surface area contributed by atoms with Gasteiger partial charge in [-0.25, -0.2) is 5.43 Å². The molecule has 0 saturated heterocycles. The average Bonchev–Trinajstić information content (AvgIpc) is 2.48. The zero-order chi connectivity index (χ0) is 14.4. The van der Waals surface area contributed by atoms with Gasteiger partial charge in [-0.05, 0) is 29.7 Å². The summed E-state index contributed by atoms with van der Waals surface area (Å²) in [4.78, 5) is 4.23. The maximum atomic E-state index is 5.72. The Balaban J connectivity index is 2.30. The second kappa shape index (κ2) is 7.38. The predicted octanol–water partition coefficient (Wildman–Crippen LogP) is 3.19. The highest BCUT2D eigenvalue weighted by Gasteiger charge is 2.16. The number of pyridine rings is 1. The van der Waals surface area contributed by atoms with Gasteiger partial charge in [0.25, 0.3) is 0 Å². The first-order valence-corrected chi connectivity index (χ1v) is 7.34. The van der Waals surface area contributed by atoms with Gasteiger partial charge in [-0.1, -0.05) is 41.1 Å². The van der Waals surface area contributed by atoms with Crippen LogP contribution in [-0.2, 0) is 0 Å². The predicted molar refractivity (Wildman–Crippen MR) is 83.3 cm³/mol. The Morgan fingerprint density at radius 1 is 1.35 bits per heavy atom. The Morgan fingerprint density at radius 2 is 2.15 bits per heavy atom. The minimum Gasteiger partial charge on any atom is -0.492 e. The lowest BCUT2D eigenvalue weighted by atomic mass is 10.0. The van der Waals surface area contributed by atoms with E-state index in [0.29, 0.717) is 6.61 Å². The van der Waals surface area contributed by atoms with Gasteiger partial charge in [-0.3, -0.25) is 10.8 Å². The molecule has 20 heavy (non-hydrogen) atoms. The molecule has 2 rings (SSSR count). The van der Waals surface area contributed by atoms with Gasteiger partial charge < -0.3 is 4.74 Å². The summed E-state index contributed by atoms with van der Waals surface area (Å²) >= 11 is 3.55. The van der Waals surface area contributed by atoms with Crippen LogP contribution in [0.25, 0.3) is 0 Å². The maximum Gasteiger partial charge on any atom is 0.137 e. The van der Waals surface area contributed by atoms with Crippen molar-refractivity contribution in [2.24, 2.45) is 5.84 Å². The van der Waals surface area contributed by atoms with E-state index in [4.69, 9.17) is 10.6 Å². The number of hydrogen-bond donors (Lipinski definition) is 2. The van der Waals surface area contributed by atoms with E-state index in [2.05, 4.69) is 33.3 Å². The van der Waals surface area contributed by atoms with E-state index in [9.17, 15) is 0 Å². The number of hydrogen-bond acceptors (Lipinski definition) is 4. The monoisotopic (exact) mass is 335 g/mol. The number of rotatable bonds is 6. The first kappa shape index (κ1) is 15.0. The van der Waals surface area contributed by atoms with Crippen molar-refractivity contribution in [3.05, 3.63) is 58.3 Å². The summed E-state index contributed by atoms with van der Waals surface area (Å²) in [7, 11) is 0. The van der Waals surface area contributed by atoms with E-state index in [1.165, 1.54) is 0 Å². The minimum absolute atomic E-state index is 0.136. The highest BCUT2D eigenvalue weighted by atomic mass is 79.9. The number of nitrogens with two attached hydrogens (primary N) is 1. The molecule has 5 heteroatoms. The van der Waals surface area contributed by atoms with Crippen molar-refractivity contribution < 1.29 is 4.74 Å². The normalized spacial score (nSPS) is 12.2. The average molecular weight is 336 g/mol. The number of halogens is 1. The van der Waals surface area contributed by atoms with Crippen LogP contribution in [0.15, 0.2) is 47.2 Å². The van der Waals surface area contributed by atoms with Gasteiger partial charge >= 0.3 is 0 Å². The van der Waals surface area contributed by atoms with Crippen LogP contribution in [0.4, 0.5) is 0 Å². The molecular weight excluding hydrogens is 318 g/mol. The van der Waals surface area contributed by atoms with Crippen LogP contribution >= 0.6 is 15.9 Å². The lowest BCUT2D eigenvalue weighted by molar-refractivity contribution is 0.315. The first-order chi connectivity index (χ1) is 9.76. The van der Waals surface area contributed by atoms with Crippen LogP contribution in [-0.4, -0.2) is 11.6 Å². The molecule has 0 bridgehead atoms. The molecule has 3 N–H and O–H groups in total. The van der Waals surface area contributed by atoms with Gasteiger partial charge in [-0.2, -0.15) is 0 Å². The number of benzene rings is 1. The van der Waals surface area contributed by atoms with E-state index >= 15 is 0 Å². The molecule has 0 aliphatic heterocycles. The third-order valence-electron chi connectivity index (χ3n) is 2.92. The molecule has 1 aromatic heterocycles. The fourth-order valence-electron chi connectivity index (χ4n) is 1.97. The van der Waals surface area contributed by atoms with Gasteiger partial charge in [0.1, 0.15) is 5.75 Å². The minimum atomic E-state index is -0.136. The van der Waals surface area contributed by atoms with Gasteiger partial charge in [0.05, 0.1) is 18.8 Å². The SMILES string of the molecule is CCCOc1cncc(C(NN)c2ccccc2Br)c1. The van der Waals surface area contributed by atoms with Crippen molar-refractivity contribution in [1.29, 1.82) is 0 Å². The fraction of sp³-hybridized carbons (Fsp3) is 0.267. The molecule has 0 radical (unpaired) electrons. The zero-order valence-electron chi connectivity index (χ0n) is 11.3. The van der Waals surface area contributed by atoms with Gasteiger partial charge in [-0.15, -0.1) is 0 Å². The Hall–Kier alpha value is -1.43. The summed E-state index contributed by atoms with van der Waals surface area (Å²) in [6, 6.07) is 9.80. The highest BCUT2D eigenvalue weighted by Crippen LogP contribution is 2.29. The molecule has 0 aliphatic carbocycles. The second-order valence-corrected chi connectivity index (χ2v) is 5.28. The molecule has 0 spiro atoms. The van der Waals surface area contributed by atoms with E-state index < -0.39 is 0 Å². The van der Waals surface area contributed by atoms with Crippen molar-refractivity contribution in [2.45, 2.75) is 19.4 Å². The number of aromatic nitrogens is 1.